The largest absolute Gasteiger partial charge is 0.494 e. The zero-order valence-electron chi connectivity index (χ0n) is 11.9. The van der Waals surface area contributed by atoms with Crippen LogP contribution in [0, 0.1) is 5.82 Å². The van der Waals surface area contributed by atoms with Gasteiger partial charge in [0, 0.05) is 10.2 Å². The highest BCUT2D eigenvalue weighted by atomic mass is 79.9. The van der Waals surface area contributed by atoms with Crippen molar-refractivity contribution in [2.45, 2.75) is 24.1 Å². The Labute approximate surface area is 127 Å². The van der Waals surface area contributed by atoms with Gasteiger partial charge in [0.1, 0.15) is 0 Å². The smallest absolute Gasteiger partial charge is 0.165 e. The van der Waals surface area contributed by atoms with Crippen LogP contribution in [0.25, 0.3) is 0 Å². The highest BCUT2D eigenvalue weighted by Crippen LogP contribution is 2.43. The van der Waals surface area contributed by atoms with Gasteiger partial charge in [0.25, 0.3) is 0 Å². The third kappa shape index (κ3) is 2.88. The van der Waals surface area contributed by atoms with Crippen molar-refractivity contribution in [1.82, 2.24) is 0 Å². The predicted octanol–water partition coefficient (Wildman–Crippen LogP) is 5.25. The molecule has 0 N–H and O–H groups in total. The highest BCUT2D eigenvalue weighted by molar-refractivity contribution is 9.09. The van der Waals surface area contributed by atoms with Gasteiger partial charge < -0.3 is 4.74 Å². The van der Waals surface area contributed by atoms with E-state index < -0.39 is 0 Å². The van der Waals surface area contributed by atoms with Gasteiger partial charge in [-0.2, -0.15) is 0 Å². The van der Waals surface area contributed by atoms with Crippen LogP contribution in [0.1, 0.15) is 29.8 Å². The van der Waals surface area contributed by atoms with Crippen molar-refractivity contribution in [3.05, 3.63) is 65.5 Å². The molecule has 0 spiro atoms. The number of methoxy groups -OCH3 is 1. The molecule has 0 saturated heterocycles. The third-order valence-electron chi connectivity index (χ3n) is 3.62. The molecule has 0 aliphatic heterocycles. The van der Waals surface area contributed by atoms with Crippen molar-refractivity contribution < 1.29 is 9.13 Å². The average Bonchev–Trinajstić information content (AvgIpc) is 2.47. The SMILES string of the molecule is COc1ccc(C(Br)C(C)(C)c2ccccc2)cc1F. The van der Waals surface area contributed by atoms with Crippen LogP contribution in [0.3, 0.4) is 0 Å². The molecule has 1 nitrogen and oxygen atoms in total. The Morgan fingerprint density at radius 1 is 1.10 bits per heavy atom. The number of halogens is 2. The van der Waals surface area contributed by atoms with E-state index in [9.17, 15) is 4.39 Å². The molecule has 0 radical (unpaired) electrons. The Morgan fingerprint density at radius 2 is 1.75 bits per heavy atom. The summed E-state index contributed by atoms with van der Waals surface area (Å²) in [5.41, 5.74) is 1.96. The molecular formula is C17H18BrFO. The summed E-state index contributed by atoms with van der Waals surface area (Å²) in [6.45, 7) is 4.29. The van der Waals surface area contributed by atoms with Crippen LogP contribution in [0.2, 0.25) is 0 Å². The lowest BCUT2D eigenvalue weighted by atomic mass is 9.79. The molecule has 1 unspecified atom stereocenters. The molecule has 0 saturated carbocycles. The molecular weight excluding hydrogens is 319 g/mol. The van der Waals surface area contributed by atoms with Gasteiger partial charge in [-0.05, 0) is 23.3 Å². The summed E-state index contributed by atoms with van der Waals surface area (Å²) in [5, 5.41) is 0. The van der Waals surface area contributed by atoms with Crippen molar-refractivity contribution in [1.29, 1.82) is 0 Å². The van der Waals surface area contributed by atoms with Crippen molar-refractivity contribution in [2.75, 3.05) is 7.11 Å². The Balaban J connectivity index is 2.35. The predicted molar refractivity (Wildman–Crippen MR) is 84.1 cm³/mol. The van der Waals surface area contributed by atoms with Gasteiger partial charge in [0.2, 0.25) is 0 Å². The third-order valence-corrected chi connectivity index (χ3v) is 5.29. The van der Waals surface area contributed by atoms with Crippen LogP contribution in [0.4, 0.5) is 4.39 Å². The van der Waals surface area contributed by atoms with E-state index in [1.807, 2.05) is 24.3 Å². The summed E-state index contributed by atoms with van der Waals surface area (Å²) in [6, 6.07) is 15.3. The van der Waals surface area contributed by atoms with Crippen LogP contribution >= 0.6 is 15.9 Å². The fraction of sp³-hybridized carbons (Fsp3) is 0.294. The van der Waals surface area contributed by atoms with Crippen molar-refractivity contribution in [3.63, 3.8) is 0 Å². The summed E-state index contributed by atoms with van der Waals surface area (Å²) in [7, 11) is 1.47. The summed E-state index contributed by atoms with van der Waals surface area (Å²) < 4.78 is 18.8. The van der Waals surface area contributed by atoms with Gasteiger partial charge in [-0.15, -0.1) is 0 Å². The first kappa shape index (κ1) is 15.0. The summed E-state index contributed by atoms with van der Waals surface area (Å²) in [6.07, 6.45) is 0. The molecule has 2 rings (SSSR count). The number of benzene rings is 2. The average molecular weight is 337 g/mol. The van der Waals surface area contributed by atoms with E-state index in [1.165, 1.54) is 18.7 Å². The maximum atomic E-state index is 13.9. The van der Waals surface area contributed by atoms with E-state index in [2.05, 4.69) is 41.9 Å². The van der Waals surface area contributed by atoms with Crippen LogP contribution in [-0.4, -0.2) is 7.11 Å². The first-order valence-corrected chi connectivity index (χ1v) is 7.41. The quantitative estimate of drug-likeness (QED) is 0.693. The number of hydrogen-bond donors (Lipinski definition) is 0. The number of alkyl halides is 1. The molecule has 0 amide bonds. The van der Waals surface area contributed by atoms with Gasteiger partial charge in [-0.1, -0.05) is 66.2 Å². The molecule has 2 aromatic carbocycles. The van der Waals surface area contributed by atoms with E-state index in [4.69, 9.17) is 4.74 Å². The van der Waals surface area contributed by atoms with Crippen LogP contribution in [0.5, 0.6) is 5.75 Å². The zero-order chi connectivity index (χ0) is 14.8. The van der Waals surface area contributed by atoms with E-state index >= 15 is 0 Å². The Kier molecular flexibility index (Phi) is 4.48. The number of rotatable bonds is 4. The lowest BCUT2D eigenvalue weighted by Gasteiger charge is -2.31. The normalized spacial score (nSPS) is 13.1. The minimum Gasteiger partial charge on any atom is -0.494 e. The van der Waals surface area contributed by atoms with Gasteiger partial charge in [-0.25, -0.2) is 4.39 Å². The Morgan fingerprint density at radius 3 is 2.30 bits per heavy atom. The summed E-state index contributed by atoms with van der Waals surface area (Å²) in [5.74, 6) is -0.0655. The lowest BCUT2D eigenvalue weighted by Crippen LogP contribution is -2.23. The molecule has 20 heavy (non-hydrogen) atoms. The standard InChI is InChI=1S/C17H18BrFO/c1-17(2,13-7-5-4-6-8-13)16(18)12-9-10-15(20-3)14(19)11-12/h4-11,16H,1-3H3. The molecule has 3 heteroatoms. The fourth-order valence-electron chi connectivity index (χ4n) is 2.27. The molecule has 0 heterocycles. The molecule has 0 fully saturated rings. The Bertz CT molecular complexity index is 581. The van der Waals surface area contributed by atoms with Crippen LogP contribution in [0.15, 0.2) is 48.5 Å². The first-order valence-electron chi connectivity index (χ1n) is 6.50. The second-order valence-corrected chi connectivity index (χ2v) is 6.26. The molecule has 2 aromatic rings. The molecule has 0 bridgehead atoms. The second-order valence-electron chi connectivity index (χ2n) is 5.34. The molecule has 1 atom stereocenters. The first-order chi connectivity index (χ1) is 9.46. The second kappa shape index (κ2) is 5.96. The highest BCUT2D eigenvalue weighted by Gasteiger charge is 2.30. The van der Waals surface area contributed by atoms with Crippen LogP contribution in [-0.2, 0) is 5.41 Å². The minimum atomic E-state index is -0.335. The number of ether oxygens (including phenoxy) is 1. The van der Waals surface area contributed by atoms with Crippen molar-refractivity contribution in [3.8, 4) is 5.75 Å². The molecule has 0 aliphatic carbocycles. The maximum absolute atomic E-state index is 13.9. The number of hydrogen-bond acceptors (Lipinski definition) is 1. The maximum Gasteiger partial charge on any atom is 0.165 e. The zero-order valence-corrected chi connectivity index (χ0v) is 13.4. The topological polar surface area (TPSA) is 9.23 Å². The van der Waals surface area contributed by atoms with E-state index in [0.717, 1.165) is 5.56 Å². The Hall–Kier alpha value is -1.35. The van der Waals surface area contributed by atoms with Gasteiger partial charge >= 0.3 is 0 Å². The molecule has 0 aliphatic rings. The van der Waals surface area contributed by atoms with Gasteiger partial charge in [0.15, 0.2) is 11.6 Å². The minimum absolute atomic E-state index is 0.0119. The van der Waals surface area contributed by atoms with E-state index in [-0.39, 0.29) is 21.8 Å². The summed E-state index contributed by atoms with van der Waals surface area (Å²) >= 11 is 3.72. The monoisotopic (exact) mass is 336 g/mol. The van der Waals surface area contributed by atoms with Crippen molar-refractivity contribution >= 4 is 15.9 Å². The van der Waals surface area contributed by atoms with Gasteiger partial charge in [-0.3, -0.25) is 0 Å². The molecule has 0 aromatic heterocycles. The van der Waals surface area contributed by atoms with E-state index in [1.54, 1.807) is 6.07 Å². The van der Waals surface area contributed by atoms with Crippen molar-refractivity contribution in [2.24, 2.45) is 0 Å². The van der Waals surface area contributed by atoms with E-state index in [0.29, 0.717) is 0 Å². The van der Waals surface area contributed by atoms with Crippen LogP contribution < -0.4 is 4.74 Å². The lowest BCUT2D eigenvalue weighted by molar-refractivity contribution is 0.385. The molecule has 106 valence electrons. The fourth-order valence-corrected chi connectivity index (χ4v) is 2.82. The van der Waals surface area contributed by atoms with Gasteiger partial charge in [0.05, 0.1) is 7.11 Å². The summed E-state index contributed by atoms with van der Waals surface area (Å²) in [4.78, 5) is 0.0119.